The van der Waals surface area contributed by atoms with Crippen molar-refractivity contribution in [2.75, 3.05) is 13.1 Å². The molecule has 0 aromatic rings. The standard InChI is InChI=1S/C35H63N/c1-3-7-12-20-33(21-13-8-4-1)22-16-11-17-23-34(28-27-33)26-18-19-30-36-31-29-35(32-34)24-14-9-5-2-6-10-15-25-35/h2,5,36H,1,3-4,6-32H2/b5-2-. The van der Waals surface area contributed by atoms with Gasteiger partial charge in [0.15, 0.2) is 0 Å². The maximum Gasteiger partial charge on any atom is -0.00436 e. The van der Waals surface area contributed by atoms with Gasteiger partial charge in [-0.1, -0.05) is 89.2 Å². The second-order valence-electron chi connectivity index (χ2n) is 14.3. The van der Waals surface area contributed by atoms with Crippen LogP contribution in [0, 0.1) is 16.2 Å². The van der Waals surface area contributed by atoms with Crippen molar-refractivity contribution in [3.63, 3.8) is 0 Å². The largest absolute Gasteiger partial charge is 0.317 e. The number of rotatable bonds is 0. The molecule has 1 N–H and O–H groups in total. The van der Waals surface area contributed by atoms with Crippen molar-refractivity contribution in [3.05, 3.63) is 12.2 Å². The normalized spacial score (nSPS) is 35.8. The topological polar surface area (TPSA) is 12.0 Å². The van der Waals surface area contributed by atoms with Gasteiger partial charge in [0.05, 0.1) is 0 Å². The van der Waals surface area contributed by atoms with Crippen LogP contribution in [0.1, 0.15) is 180 Å². The molecule has 0 bridgehead atoms. The van der Waals surface area contributed by atoms with Crippen molar-refractivity contribution in [1.82, 2.24) is 5.32 Å². The summed E-state index contributed by atoms with van der Waals surface area (Å²) in [6.45, 7) is 2.54. The molecular formula is C35H63N. The molecular weight excluding hydrogens is 434 g/mol. The Kier molecular flexibility index (Phi) is 12.2. The first kappa shape index (κ1) is 28.7. The van der Waals surface area contributed by atoms with Gasteiger partial charge in [-0.3, -0.25) is 0 Å². The van der Waals surface area contributed by atoms with Crippen LogP contribution in [0.2, 0.25) is 0 Å². The fourth-order valence-electron chi connectivity index (χ4n) is 9.24. The third-order valence-electron chi connectivity index (χ3n) is 11.5. The van der Waals surface area contributed by atoms with Crippen molar-refractivity contribution in [3.8, 4) is 0 Å². The molecule has 1 aliphatic heterocycles. The molecule has 4 aliphatic rings. The molecule has 0 amide bonds. The Morgan fingerprint density at radius 3 is 1.47 bits per heavy atom. The van der Waals surface area contributed by atoms with E-state index in [-0.39, 0.29) is 0 Å². The summed E-state index contributed by atoms with van der Waals surface area (Å²) in [6.07, 6.45) is 46.9. The fourth-order valence-corrected chi connectivity index (χ4v) is 9.24. The van der Waals surface area contributed by atoms with Crippen molar-refractivity contribution in [2.45, 2.75) is 180 Å². The lowest BCUT2D eigenvalue weighted by Crippen LogP contribution is -2.37. The lowest BCUT2D eigenvalue weighted by atomic mass is 9.59. The summed E-state index contributed by atoms with van der Waals surface area (Å²) in [6, 6.07) is 0. The molecule has 2 unspecified atom stereocenters. The predicted octanol–water partition coefficient (Wildman–Crippen LogP) is 11.1. The summed E-state index contributed by atoms with van der Waals surface area (Å²) in [7, 11) is 0. The van der Waals surface area contributed by atoms with Gasteiger partial charge in [-0.2, -0.15) is 0 Å². The second-order valence-corrected chi connectivity index (χ2v) is 14.3. The van der Waals surface area contributed by atoms with Crippen LogP contribution in [-0.4, -0.2) is 13.1 Å². The Morgan fingerprint density at radius 1 is 0.333 bits per heavy atom. The Labute approximate surface area is 226 Å². The predicted molar refractivity (Wildman–Crippen MR) is 159 cm³/mol. The zero-order valence-corrected chi connectivity index (χ0v) is 24.4. The average Bonchev–Trinajstić information content (AvgIpc) is 2.97. The molecule has 1 heteroatoms. The van der Waals surface area contributed by atoms with E-state index >= 15 is 0 Å². The highest BCUT2D eigenvalue weighted by atomic mass is 14.8. The van der Waals surface area contributed by atoms with Crippen molar-refractivity contribution in [1.29, 1.82) is 0 Å². The molecule has 3 fully saturated rings. The highest BCUT2D eigenvalue weighted by Gasteiger charge is 2.42. The van der Waals surface area contributed by atoms with Crippen LogP contribution in [0.4, 0.5) is 0 Å². The summed E-state index contributed by atoms with van der Waals surface area (Å²) < 4.78 is 0. The monoisotopic (exact) mass is 497 g/mol. The zero-order valence-electron chi connectivity index (χ0n) is 24.4. The van der Waals surface area contributed by atoms with Gasteiger partial charge in [-0.25, -0.2) is 0 Å². The van der Waals surface area contributed by atoms with E-state index in [1.165, 1.54) is 148 Å². The van der Waals surface area contributed by atoms with Crippen LogP contribution in [0.3, 0.4) is 0 Å². The molecule has 3 aliphatic carbocycles. The minimum Gasteiger partial charge on any atom is -0.317 e. The van der Waals surface area contributed by atoms with Crippen molar-refractivity contribution in [2.24, 2.45) is 16.2 Å². The highest BCUT2D eigenvalue weighted by Crippen LogP contribution is 2.55. The van der Waals surface area contributed by atoms with Gasteiger partial charge in [-0.15, -0.1) is 0 Å². The van der Waals surface area contributed by atoms with Gasteiger partial charge < -0.3 is 5.32 Å². The van der Waals surface area contributed by atoms with Gasteiger partial charge in [0.25, 0.3) is 0 Å². The molecule has 1 heterocycles. The smallest absolute Gasteiger partial charge is 0.00436 e. The van der Waals surface area contributed by atoms with E-state index in [0.717, 1.165) is 0 Å². The van der Waals surface area contributed by atoms with Gasteiger partial charge in [0.1, 0.15) is 0 Å². The molecule has 208 valence electrons. The number of allylic oxidation sites excluding steroid dienone is 2. The molecule has 36 heavy (non-hydrogen) atoms. The van der Waals surface area contributed by atoms with Crippen molar-refractivity contribution >= 4 is 0 Å². The third-order valence-corrected chi connectivity index (χ3v) is 11.5. The molecule has 3 spiro atoms. The number of hydrogen-bond donors (Lipinski definition) is 1. The van der Waals surface area contributed by atoms with E-state index in [0.29, 0.717) is 16.2 Å². The van der Waals surface area contributed by atoms with Gasteiger partial charge in [0.2, 0.25) is 0 Å². The Bertz CT molecular complexity index is 612. The van der Waals surface area contributed by atoms with Crippen LogP contribution in [0.15, 0.2) is 12.2 Å². The first-order valence-electron chi connectivity index (χ1n) is 17.1. The number of nitrogens with one attached hydrogen (secondary N) is 1. The summed E-state index contributed by atoms with van der Waals surface area (Å²) in [5.74, 6) is 0. The summed E-state index contributed by atoms with van der Waals surface area (Å²) in [4.78, 5) is 0. The SMILES string of the molecule is C1=C\CCCC2(CCCC/1)CCNCCCCC1(CCCCCC3(CCCCCCCCC3)CC1)C2. The number of hydrogen-bond acceptors (Lipinski definition) is 1. The summed E-state index contributed by atoms with van der Waals surface area (Å²) in [5.41, 5.74) is 1.94. The minimum absolute atomic E-state index is 0.604. The van der Waals surface area contributed by atoms with Crippen LogP contribution < -0.4 is 5.32 Å². The summed E-state index contributed by atoms with van der Waals surface area (Å²) in [5, 5.41) is 3.87. The van der Waals surface area contributed by atoms with E-state index in [2.05, 4.69) is 17.5 Å². The maximum atomic E-state index is 3.87. The zero-order chi connectivity index (χ0) is 24.8. The molecule has 0 aromatic carbocycles. The van der Waals surface area contributed by atoms with Crippen LogP contribution in [0.25, 0.3) is 0 Å². The quantitative estimate of drug-likeness (QED) is 0.328. The third kappa shape index (κ3) is 9.17. The van der Waals surface area contributed by atoms with Gasteiger partial charge >= 0.3 is 0 Å². The summed E-state index contributed by atoms with van der Waals surface area (Å²) >= 11 is 0. The Balaban J connectivity index is 1.56. The molecule has 0 radical (unpaired) electrons. The molecule has 1 nitrogen and oxygen atoms in total. The van der Waals surface area contributed by atoms with Crippen LogP contribution in [0.5, 0.6) is 0 Å². The highest BCUT2D eigenvalue weighted by molar-refractivity contribution is 4.95. The Morgan fingerprint density at radius 2 is 0.778 bits per heavy atom. The maximum absolute atomic E-state index is 3.87. The fraction of sp³-hybridized carbons (Fsp3) is 0.943. The lowest BCUT2D eigenvalue weighted by Gasteiger charge is -2.47. The van der Waals surface area contributed by atoms with E-state index in [1.54, 1.807) is 44.9 Å². The molecule has 0 aromatic heterocycles. The molecule has 4 rings (SSSR count). The van der Waals surface area contributed by atoms with Gasteiger partial charge in [0, 0.05) is 0 Å². The lowest BCUT2D eigenvalue weighted by molar-refractivity contribution is 0.0473. The molecule has 2 saturated carbocycles. The van der Waals surface area contributed by atoms with Crippen LogP contribution in [-0.2, 0) is 0 Å². The van der Waals surface area contributed by atoms with E-state index in [9.17, 15) is 0 Å². The van der Waals surface area contributed by atoms with Gasteiger partial charge in [-0.05, 0) is 132 Å². The first-order chi connectivity index (χ1) is 17.7. The van der Waals surface area contributed by atoms with Crippen LogP contribution >= 0.6 is 0 Å². The van der Waals surface area contributed by atoms with E-state index < -0.39 is 0 Å². The average molecular weight is 498 g/mol. The molecule has 1 saturated heterocycles. The van der Waals surface area contributed by atoms with E-state index in [4.69, 9.17) is 0 Å². The second kappa shape index (κ2) is 15.3. The minimum atomic E-state index is 0.604. The first-order valence-corrected chi connectivity index (χ1v) is 17.1. The van der Waals surface area contributed by atoms with Crippen molar-refractivity contribution < 1.29 is 0 Å². The Hall–Kier alpha value is -0.300. The van der Waals surface area contributed by atoms with E-state index in [1.807, 2.05) is 0 Å². The molecule has 2 atom stereocenters.